The molecule has 0 saturated carbocycles. The zero-order valence-electron chi connectivity index (χ0n) is 16.7. The van der Waals surface area contributed by atoms with Crippen LogP contribution in [-0.4, -0.2) is 39.5 Å². The highest BCUT2D eigenvalue weighted by molar-refractivity contribution is 6.33. The SMILES string of the molecule is CC(=O)Nc1ccc([N+](=O)[O-])cc1C(=O)O.CCOC(=O)Nc1ccc([N+](=O)[O-])cc1Cl. The molecule has 170 valence electrons. The molecule has 13 nitrogen and oxygen atoms in total. The van der Waals surface area contributed by atoms with Crippen LogP contribution < -0.4 is 10.6 Å². The van der Waals surface area contributed by atoms with Crippen LogP contribution in [0, 0.1) is 20.2 Å². The van der Waals surface area contributed by atoms with Crippen LogP contribution in [0.4, 0.5) is 27.5 Å². The topological polar surface area (TPSA) is 191 Å². The summed E-state index contributed by atoms with van der Waals surface area (Å²) < 4.78 is 4.64. The monoisotopic (exact) mass is 468 g/mol. The number of non-ortho nitro benzene ring substituents is 2. The van der Waals surface area contributed by atoms with Crippen LogP contribution in [0.1, 0.15) is 24.2 Å². The van der Waals surface area contributed by atoms with Gasteiger partial charge < -0.3 is 15.2 Å². The van der Waals surface area contributed by atoms with Gasteiger partial charge in [-0.1, -0.05) is 11.6 Å². The molecular weight excluding hydrogens is 452 g/mol. The van der Waals surface area contributed by atoms with Crippen LogP contribution in [0.15, 0.2) is 36.4 Å². The van der Waals surface area contributed by atoms with E-state index in [-0.39, 0.29) is 39.9 Å². The lowest BCUT2D eigenvalue weighted by atomic mass is 10.1. The summed E-state index contributed by atoms with van der Waals surface area (Å²) in [5, 5.41) is 34.4. The van der Waals surface area contributed by atoms with E-state index in [0.717, 1.165) is 18.2 Å². The summed E-state index contributed by atoms with van der Waals surface area (Å²) in [7, 11) is 0. The molecule has 0 fully saturated rings. The molecule has 0 saturated heterocycles. The molecule has 0 spiro atoms. The molecule has 0 radical (unpaired) electrons. The lowest BCUT2D eigenvalue weighted by Crippen LogP contribution is -2.13. The van der Waals surface area contributed by atoms with Crippen LogP contribution in [0.2, 0.25) is 5.02 Å². The molecule has 0 aromatic heterocycles. The smallest absolute Gasteiger partial charge is 0.411 e. The maximum Gasteiger partial charge on any atom is 0.411 e. The molecule has 0 bridgehead atoms. The Labute approximate surface area is 185 Å². The molecule has 3 N–H and O–H groups in total. The fourth-order valence-electron chi connectivity index (χ4n) is 2.12. The fraction of sp³-hybridized carbons (Fsp3) is 0.167. The number of hydrogen-bond acceptors (Lipinski definition) is 8. The van der Waals surface area contributed by atoms with E-state index in [1.807, 2.05) is 0 Å². The Hall–Kier alpha value is -4.26. The van der Waals surface area contributed by atoms with E-state index in [2.05, 4.69) is 15.4 Å². The summed E-state index contributed by atoms with van der Waals surface area (Å²) in [4.78, 5) is 52.2. The van der Waals surface area contributed by atoms with Crippen molar-refractivity contribution in [1.29, 1.82) is 0 Å². The van der Waals surface area contributed by atoms with E-state index in [9.17, 15) is 34.6 Å². The van der Waals surface area contributed by atoms with Crippen molar-refractivity contribution in [3.8, 4) is 0 Å². The average molecular weight is 469 g/mol. The Morgan fingerprint density at radius 1 is 1.00 bits per heavy atom. The number of benzene rings is 2. The third-order valence-corrected chi connectivity index (χ3v) is 3.74. The number of nitrogens with zero attached hydrogens (tertiary/aromatic N) is 2. The number of amides is 2. The fourth-order valence-corrected chi connectivity index (χ4v) is 2.34. The van der Waals surface area contributed by atoms with Crippen molar-refractivity contribution in [1.82, 2.24) is 0 Å². The van der Waals surface area contributed by atoms with Crippen LogP contribution in [0.25, 0.3) is 0 Å². The second-order valence-electron chi connectivity index (χ2n) is 5.74. The number of rotatable bonds is 6. The second kappa shape index (κ2) is 11.8. The number of anilines is 2. The Kier molecular flexibility index (Phi) is 9.51. The molecule has 14 heteroatoms. The maximum atomic E-state index is 11.1. The van der Waals surface area contributed by atoms with Crippen molar-refractivity contribution < 1.29 is 34.1 Å². The number of nitrogens with one attached hydrogen (secondary N) is 2. The molecule has 2 aromatic rings. The van der Waals surface area contributed by atoms with Crippen molar-refractivity contribution in [3.63, 3.8) is 0 Å². The quantitative estimate of drug-likeness (QED) is 0.414. The van der Waals surface area contributed by atoms with Crippen LogP contribution in [0.5, 0.6) is 0 Å². The van der Waals surface area contributed by atoms with Gasteiger partial charge in [-0.15, -0.1) is 0 Å². The standard InChI is InChI=1S/C9H9ClN2O4.C9H8N2O5/c1-2-16-9(13)11-8-4-3-6(12(14)15)5-7(8)10;1-5(12)10-8-3-2-6(11(15)16)4-7(8)9(13)14/h3-5H,2H2,1H3,(H,11,13);2-4H,1H3,(H,10,12)(H,13,14). The first-order valence-corrected chi connectivity index (χ1v) is 9.01. The second-order valence-corrected chi connectivity index (χ2v) is 6.15. The number of carboxylic acid groups (broad SMARTS) is 1. The largest absolute Gasteiger partial charge is 0.478 e. The summed E-state index contributed by atoms with van der Waals surface area (Å²) in [5.41, 5.74) is -0.494. The third kappa shape index (κ3) is 7.87. The van der Waals surface area contributed by atoms with Gasteiger partial charge in [0.15, 0.2) is 0 Å². The molecule has 0 atom stereocenters. The number of carbonyl (C=O) groups is 3. The van der Waals surface area contributed by atoms with Crippen molar-refractivity contribution in [2.45, 2.75) is 13.8 Å². The summed E-state index contributed by atoms with van der Waals surface area (Å²) >= 11 is 5.74. The molecule has 0 heterocycles. The number of nitro benzene ring substituents is 2. The van der Waals surface area contributed by atoms with Gasteiger partial charge in [0.1, 0.15) is 0 Å². The van der Waals surface area contributed by atoms with Crippen LogP contribution in [0.3, 0.4) is 0 Å². The first-order valence-electron chi connectivity index (χ1n) is 8.63. The number of ether oxygens (including phenoxy) is 1. The van der Waals surface area contributed by atoms with Crippen molar-refractivity contribution in [2.75, 3.05) is 17.2 Å². The van der Waals surface area contributed by atoms with Crippen LogP contribution in [-0.2, 0) is 9.53 Å². The van der Waals surface area contributed by atoms with Gasteiger partial charge in [0, 0.05) is 31.2 Å². The average Bonchev–Trinajstić information content (AvgIpc) is 2.69. The zero-order chi connectivity index (χ0) is 24.4. The maximum absolute atomic E-state index is 11.1. The highest BCUT2D eigenvalue weighted by atomic mass is 35.5. The highest BCUT2D eigenvalue weighted by Gasteiger charge is 2.16. The molecule has 2 aromatic carbocycles. The summed E-state index contributed by atoms with van der Waals surface area (Å²) in [6, 6.07) is 6.95. The molecule has 0 aliphatic heterocycles. The minimum absolute atomic E-state index is 0.0330. The minimum Gasteiger partial charge on any atom is -0.478 e. The van der Waals surface area contributed by atoms with Gasteiger partial charge in [-0.2, -0.15) is 0 Å². The molecule has 2 rings (SSSR count). The molecule has 0 unspecified atom stereocenters. The first kappa shape index (κ1) is 25.8. The third-order valence-electron chi connectivity index (χ3n) is 3.43. The van der Waals surface area contributed by atoms with Gasteiger partial charge in [0.25, 0.3) is 11.4 Å². The highest BCUT2D eigenvalue weighted by Crippen LogP contribution is 2.26. The van der Waals surface area contributed by atoms with Gasteiger partial charge in [0.2, 0.25) is 5.91 Å². The summed E-state index contributed by atoms with van der Waals surface area (Å²) in [6.07, 6.45) is -0.654. The minimum atomic E-state index is -1.34. The Balaban J connectivity index is 0.000000320. The van der Waals surface area contributed by atoms with Gasteiger partial charge in [-0.05, 0) is 19.1 Å². The van der Waals surface area contributed by atoms with Gasteiger partial charge >= 0.3 is 12.1 Å². The van der Waals surface area contributed by atoms with E-state index in [1.165, 1.54) is 25.1 Å². The number of carbonyl (C=O) groups excluding carboxylic acids is 2. The normalized spacial score (nSPS) is 9.59. The van der Waals surface area contributed by atoms with E-state index in [4.69, 9.17) is 16.7 Å². The van der Waals surface area contributed by atoms with E-state index in [0.29, 0.717) is 0 Å². The van der Waals surface area contributed by atoms with Crippen LogP contribution >= 0.6 is 11.6 Å². The number of hydrogen-bond donors (Lipinski definition) is 3. The summed E-state index contributed by atoms with van der Waals surface area (Å²) in [6.45, 7) is 3.11. The van der Waals surface area contributed by atoms with Crippen molar-refractivity contribution in [2.24, 2.45) is 0 Å². The lowest BCUT2D eigenvalue weighted by molar-refractivity contribution is -0.385. The molecule has 0 aliphatic carbocycles. The number of aromatic carboxylic acids is 1. The van der Waals surface area contributed by atoms with Gasteiger partial charge in [-0.3, -0.25) is 30.3 Å². The molecule has 32 heavy (non-hydrogen) atoms. The number of nitro groups is 2. The lowest BCUT2D eigenvalue weighted by Gasteiger charge is -2.06. The predicted octanol–water partition coefficient (Wildman–Crippen LogP) is 4.07. The molecule has 2 amide bonds. The van der Waals surface area contributed by atoms with Crippen molar-refractivity contribution in [3.05, 3.63) is 67.2 Å². The molecular formula is C18H17ClN4O9. The zero-order valence-corrected chi connectivity index (χ0v) is 17.4. The Bertz CT molecular complexity index is 1060. The number of halogens is 1. The summed E-state index contributed by atoms with van der Waals surface area (Å²) in [5.74, 6) is -1.79. The first-order chi connectivity index (χ1) is 15.0. The number of carboxylic acids is 1. The van der Waals surface area contributed by atoms with Crippen molar-refractivity contribution >= 4 is 52.3 Å². The van der Waals surface area contributed by atoms with Gasteiger partial charge in [-0.25, -0.2) is 9.59 Å². The molecule has 0 aliphatic rings. The van der Waals surface area contributed by atoms with E-state index >= 15 is 0 Å². The Morgan fingerprint density at radius 2 is 1.53 bits per heavy atom. The van der Waals surface area contributed by atoms with E-state index < -0.39 is 27.8 Å². The van der Waals surface area contributed by atoms with E-state index in [1.54, 1.807) is 6.92 Å². The predicted molar refractivity (Wildman–Crippen MR) is 113 cm³/mol. The Morgan fingerprint density at radius 3 is 1.97 bits per heavy atom. The van der Waals surface area contributed by atoms with Gasteiger partial charge in [0.05, 0.1) is 38.4 Å².